The molecule has 0 aliphatic carbocycles. The van der Waals surface area contributed by atoms with Gasteiger partial charge in [-0.15, -0.1) is 0 Å². The van der Waals surface area contributed by atoms with Crippen molar-refractivity contribution < 1.29 is 14.6 Å². The molecular formula is C19H28N2O4S. The quantitative estimate of drug-likeness (QED) is 0.522. The Hall–Kier alpha value is -1.99. The van der Waals surface area contributed by atoms with E-state index in [4.69, 9.17) is 9.47 Å². The summed E-state index contributed by atoms with van der Waals surface area (Å²) in [7, 11) is 0. The van der Waals surface area contributed by atoms with E-state index in [9.17, 15) is 9.90 Å². The molecule has 144 valence electrons. The van der Waals surface area contributed by atoms with E-state index in [1.54, 1.807) is 0 Å². The lowest BCUT2D eigenvalue weighted by molar-refractivity contribution is 0.275. The summed E-state index contributed by atoms with van der Waals surface area (Å²) in [6.45, 7) is 5.51. The molecule has 0 bridgehead atoms. The van der Waals surface area contributed by atoms with Crippen molar-refractivity contribution in [3.05, 3.63) is 39.3 Å². The number of nitrogens with one attached hydrogen (secondary N) is 1. The van der Waals surface area contributed by atoms with Gasteiger partial charge in [0.25, 0.3) is 0 Å². The highest BCUT2D eigenvalue weighted by atomic mass is 32.1. The third-order valence-corrected chi connectivity index (χ3v) is 4.68. The van der Waals surface area contributed by atoms with Crippen molar-refractivity contribution in [1.29, 1.82) is 0 Å². The Morgan fingerprint density at radius 3 is 2.50 bits per heavy atom. The maximum Gasteiger partial charge on any atom is 0.309 e. The van der Waals surface area contributed by atoms with Crippen LogP contribution >= 0.6 is 11.3 Å². The van der Waals surface area contributed by atoms with Gasteiger partial charge in [0.2, 0.25) is 5.88 Å². The third kappa shape index (κ3) is 6.72. The van der Waals surface area contributed by atoms with E-state index in [0.29, 0.717) is 19.8 Å². The summed E-state index contributed by atoms with van der Waals surface area (Å²) < 4.78 is 12.7. The summed E-state index contributed by atoms with van der Waals surface area (Å²) >= 11 is 1.04. The van der Waals surface area contributed by atoms with Gasteiger partial charge in [0.1, 0.15) is 6.61 Å². The van der Waals surface area contributed by atoms with Crippen molar-refractivity contribution >= 4 is 11.3 Å². The molecule has 0 unspecified atom stereocenters. The topological polar surface area (TPSA) is 72.7 Å². The highest BCUT2D eigenvalue weighted by molar-refractivity contribution is 7.07. The van der Waals surface area contributed by atoms with Gasteiger partial charge >= 0.3 is 4.87 Å². The van der Waals surface area contributed by atoms with Gasteiger partial charge in [-0.25, -0.2) is 0 Å². The maximum atomic E-state index is 11.5. The van der Waals surface area contributed by atoms with Gasteiger partial charge in [0.05, 0.1) is 12.0 Å². The minimum Gasteiger partial charge on any atom is -0.494 e. The smallest absolute Gasteiger partial charge is 0.309 e. The Balaban J connectivity index is 1.48. The molecule has 6 nitrogen and oxygen atoms in total. The van der Waals surface area contributed by atoms with Gasteiger partial charge < -0.3 is 19.9 Å². The summed E-state index contributed by atoms with van der Waals surface area (Å²) in [5.41, 5.74) is 0. The second-order valence-electron chi connectivity index (χ2n) is 5.90. The monoisotopic (exact) mass is 380 g/mol. The Morgan fingerprint density at radius 1 is 1.08 bits per heavy atom. The number of aromatic nitrogens is 1. The number of hydrogen-bond donors (Lipinski definition) is 2. The molecule has 7 heteroatoms. The molecule has 2 rings (SSSR count). The average molecular weight is 381 g/mol. The standard InChI is InChI=1S/C19H28N2O4S/c1-2-24-16-9-5-6-10-17(16)25-14-12-20-11-7-3-4-8-13-21-18(22)15-26-19(21)23/h5-6,9-10,15,20,22H,2-4,7-8,11-14H2,1H3. The molecule has 0 saturated carbocycles. The first kappa shape index (κ1) is 20.3. The van der Waals surface area contributed by atoms with Crippen molar-refractivity contribution in [2.45, 2.75) is 39.2 Å². The van der Waals surface area contributed by atoms with E-state index < -0.39 is 0 Å². The number of ether oxygens (including phenoxy) is 2. The number of rotatable bonds is 13. The number of unbranched alkanes of at least 4 members (excludes halogenated alkanes) is 3. The lowest BCUT2D eigenvalue weighted by Gasteiger charge is -2.12. The predicted octanol–water partition coefficient (Wildman–Crippen LogP) is 3.24. The lowest BCUT2D eigenvalue weighted by Crippen LogP contribution is -2.22. The van der Waals surface area contributed by atoms with Gasteiger partial charge in [-0.2, -0.15) is 0 Å². The van der Waals surface area contributed by atoms with Crippen LogP contribution in [0.1, 0.15) is 32.6 Å². The average Bonchev–Trinajstić information content (AvgIpc) is 2.96. The molecule has 2 N–H and O–H groups in total. The molecule has 0 aliphatic rings. The van der Waals surface area contributed by atoms with Crippen LogP contribution in [0.15, 0.2) is 34.4 Å². The minimum absolute atomic E-state index is 0.0765. The zero-order valence-corrected chi connectivity index (χ0v) is 16.1. The molecule has 0 amide bonds. The van der Waals surface area contributed by atoms with E-state index in [-0.39, 0.29) is 10.8 Å². The third-order valence-electron chi connectivity index (χ3n) is 3.93. The Morgan fingerprint density at radius 2 is 1.81 bits per heavy atom. The first-order chi connectivity index (χ1) is 12.7. The van der Waals surface area contributed by atoms with Gasteiger partial charge in [-0.1, -0.05) is 36.3 Å². The molecule has 1 heterocycles. The van der Waals surface area contributed by atoms with E-state index in [1.807, 2.05) is 31.2 Å². The predicted molar refractivity (Wildman–Crippen MR) is 105 cm³/mol. The van der Waals surface area contributed by atoms with Crippen molar-refractivity contribution in [2.24, 2.45) is 0 Å². The molecule has 26 heavy (non-hydrogen) atoms. The molecule has 0 saturated heterocycles. The summed E-state index contributed by atoms with van der Waals surface area (Å²) in [4.78, 5) is 11.4. The van der Waals surface area contributed by atoms with Crippen LogP contribution in [0, 0.1) is 0 Å². The highest BCUT2D eigenvalue weighted by Gasteiger charge is 2.04. The van der Waals surface area contributed by atoms with Gasteiger partial charge in [-0.05, 0) is 38.4 Å². The Kier molecular flexibility index (Phi) is 9.06. The summed E-state index contributed by atoms with van der Waals surface area (Å²) in [5, 5.41) is 14.4. The minimum atomic E-state index is -0.0879. The zero-order valence-electron chi connectivity index (χ0n) is 15.3. The van der Waals surface area contributed by atoms with Crippen LogP contribution in [0.25, 0.3) is 0 Å². The van der Waals surface area contributed by atoms with Crippen LogP contribution in [-0.2, 0) is 6.54 Å². The van der Waals surface area contributed by atoms with E-state index >= 15 is 0 Å². The number of para-hydroxylation sites is 2. The molecule has 2 aromatic rings. The van der Waals surface area contributed by atoms with Crippen LogP contribution < -0.4 is 19.7 Å². The molecule has 1 aromatic carbocycles. The van der Waals surface area contributed by atoms with Gasteiger partial charge in [0, 0.05) is 13.1 Å². The normalized spacial score (nSPS) is 10.8. The van der Waals surface area contributed by atoms with Crippen LogP contribution in [0.3, 0.4) is 0 Å². The van der Waals surface area contributed by atoms with Crippen LogP contribution in [0.2, 0.25) is 0 Å². The first-order valence-corrected chi connectivity index (χ1v) is 10.0. The second-order valence-corrected chi connectivity index (χ2v) is 6.72. The second kappa shape index (κ2) is 11.6. The number of benzene rings is 1. The molecule has 1 aromatic heterocycles. The van der Waals surface area contributed by atoms with Crippen LogP contribution in [-0.4, -0.2) is 36.0 Å². The molecule has 0 atom stereocenters. The SMILES string of the molecule is CCOc1ccccc1OCCNCCCCCCn1c(O)csc1=O. The lowest BCUT2D eigenvalue weighted by atomic mass is 10.2. The van der Waals surface area contributed by atoms with E-state index in [0.717, 1.165) is 61.6 Å². The van der Waals surface area contributed by atoms with Crippen molar-refractivity contribution in [2.75, 3.05) is 26.3 Å². The molecule has 0 spiro atoms. The number of nitrogens with zero attached hydrogens (tertiary/aromatic N) is 1. The van der Waals surface area contributed by atoms with Crippen molar-refractivity contribution in [1.82, 2.24) is 9.88 Å². The molecular weight excluding hydrogens is 352 g/mol. The number of aromatic hydroxyl groups is 1. The van der Waals surface area contributed by atoms with E-state index in [1.165, 1.54) is 9.95 Å². The summed E-state index contributed by atoms with van der Waals surface area (Å²) in [5.74, 6) is 1.64. The fraction of sp³-hybridized carbons (Fsp3) is 0.526. The maximum absolute atomic E-state index is 11.5. The van der Waals surface area contributed by atoms with E-state index in [2.05, 4.69) is 5.32 Å². The summed E-state index contributed by atoms with van der Waals surface area (Å²) in [6.07, 6.45) is 4.13. The molecule has 0 radical (unpaired) electrons. The zero-order chi connectivity index (χ0) is 18.6. The largest absolute Gasteiger partial charge is 0.494 e. The highest BCUT2D eigenvalue weighted by Crippen LogP contribution is 2.26. The van der Waals surface area contributed by atoms with Crippen molar-refractivity contribution in [3.8, 4) is 17.4 Å². The van der Waals surface area contributed by atoms with Crippen LogP contribution in [0.5, 0.6) is 17.4 Å². The Bertz CT molecular complexity index is 699. The van der Waals surface area contributed by atoms with Crippen LogP contribution in [0.4, 0.5) is 0 Å². The summed E-state index contributed by atoms with van der Waals surface area (Å²) in [6, 6.07) is 7.71. The van der Waals surface area contributed by atoms with Crippen molar-refractivity contribution in [3.63, 3.8) is 0 Å². The number of hydrogen-bond acceptors (Lipinski definition) is 6. The number of thiazole rings is 1. The molecule has 0 fully saturated rings. The first-order valence-electron chi connectivity index (χ1n) is 9.15. The Labute approximate surface area is 158 Å². The van der Waals surface area contributed by atoms with Gasteiger partial charge in [0.15, 0.2) is 11.5 Å². The molecule has 0 aliphatic heterocycles. The fourth-order valence-corrected chi connectivity index (χ4v) is 3.25. The fourth-order valence-electron chi connectivity index (χ4n) is 2.61. The van der Waals surface area contributed by atoms with Gasteiger partial charge in [-0.3, -0.25) is 9.36 Å².